The second kappa shape index (κ2) is 2.98. The molecule has 1 saturated heterocycles. The second-order valence-corrected chi connectivity index (χ2v) is 4.31. The number of piperazine rings is 1. The van der Waals surface area contributed by atoms with Crippen LogP contribution in [-0.2, 0) is 0 Å². The zero-order valence-electron chi connectivity index (χ0n) is 7.71. The summed E-state index contributed by atoms with van der Waals surface area (Å²) in [4.78, 5) is 2.37. The van der Waals surface area contributed by atoms with Crippen molar-refractivity contribution in [3.8, 4) is 0 Å². The van der Waals surface area contributed by atoms with Gasteiger partial charge in [0.25, 0.3) is 0 Å². The van der Waals surface area contributed by atoms with Crippen LogP contribution in [0.3, 0.4) is 0 Å². The lowest BCUT2D eigenvalue weighted by atomic mass is 10.2. The highest BCUT2D eigenvalue weighted by molar-refractivity contribution is 4.97. The van der Waals surface area contributed by atoms with Gasteiger partial charge in [-0.3, -0.25) is 4.90 Å². The van der Waals surface area contributed by atoms with Crippen LogP contribution in [0.25, 0.3) is 0 Å². The van der Waals surface area contributed by atoms with E-state index in [9.17, 15) is 5.11 Å². The average Bonchev–Trinajstić information content (AvgIpc) is 2.67. The number of nitrogens with zero attached hydrogens (tertiary/aromatic N) is 1. The Labute approximate surface area is 73.8 Å². The van der Waals surface area contributed by atoms with E-state index < -0.39 is 0 Å². The van der Waals surface area contributed by atoms with Gasteiger partial charge < -0.3 is 10.4 Å². The molecule has 1 unspecified atom stereocenters. The van der Waals surface area contributed by atoms with Crippen LogP contribution in [0.2, 0.25) is 0 Å². The highest BCUT2D eigenvalue weighted by Crippen LogP contribution is 2.35. The molecule has 0 radical (unpaired) electrons. The molecule has 2 aliphatic rings. The summed E-state index contributed by atoms with van der Waals surface area (Å²) >= 11 is 0. The van der Waals surface area contributed by atoms with Crippen LogP contribution in [-0.4, -0.2) is 47.8 Å². The molecule has 0 bridgehead atoms. The zero-order chi connectivity index (χ0) is 8.60. The molecule has 2 rings (SSSR count). The van der Waals surface area contributed by atoms with Crippen molar-refractivity contribution in [2.45, 2.75) is 31.4 Å². The molecule has 0 spiro atoms. The van der Waals surface area contributed by atoms with E-state index >= 15 is 0 Å². The summed E-state index contributed by atoms with van der Waals surface area (Å²) in [5.74, 6) is 0. The third kappa shape index (κ3) is 1.97. The lowest BCUT2D eigenvalue weighted by molar-refractivity contribution is 0.0779. The molecule has 3 nitrogen and oxygen atoms in total. The molecule has 0 aromatic heterocycles. The predicted octanol–water partition coefficient (Wildman–Crippen LogP) is -0.195. The summed E-state index contributed by atoms with van der Waals surface area (Å²) in [5, 5.41) is 13.1. The van der Waals surface area contributed by atoms with Crippen molar-refractivity contribution < 1.29 is 5.11 Å². The van der Waals surface area contributed by atoms with Gasteiger partial charge in [0.15, 0.2) is 0 Å². The lowest BCUT2D eigenvalue weighted by Crippen LogP contribution is -2.51. The smallest absolute Gasteiger partial charge is 0.0776 e. The number of aliphatic hydroxyl groups is 1. The van der Waals surface area contributed by atoms with Gasteiger partial charge in [-0.2, -0.15) is 0 Å². The topological polar surface area (TPSA) is 35.5 Å². The van der Waals surface area contributed by atoms with E-state index in [-0.39, 0.29) is 5.60 Å². The van der Waals surface area contributed by atoms with Crippen molar-refractivity contribution in [2.75, 3.05) is 26.2 Å². The molecule has 1 heterocycles. The van der Waals surface area contributed by atoms with Crippen molar-refractivity contribution in [3.63, 3.8) is 0 Å². The minimum atomic E-state index is -0.308. The molecule has 1 atom stereocenters. The molecule has 1 saturated carbocycles. The van der Waals surface area contributed by atoms with Crippen LogP contribution in [0.15, 0.2) is 0 Å². The molecule has 70 valence electrons. The van der Waals surface area contributed by atoms with Gasteiger partial charge in [-0.1, -0.05) is 0 Å². The Hall–Kier alpha value is -0.120. The molecule has 2 N–H and O–H groups in total. The van der Waals surface area contributed by atoms with E-state index in [0.29, 0.717) is 6.04 Å². The Bertz CT molecular complexity index is 168. The molecule has 0 amide bonds. The number of rotatable bonds is 2. The standard InChI is InChI=1S/C9H18N2O/c1-8-6-11(5-4-10-8)7-9(12)2-3-9/h8,10,12H,2-7H2,1H3. The van der Waals surface area contributed by atoms with E-state index in [1.54, 1.807) is 0 Å². The molecular weight excluding hydrogens is 152 g/mol. The SMILES string of the molecule is CC1CN(CC2(O)CC2)CCN1. The normalized spacial score (nSPS) is 35.0. The van der Waals surface area contributed by atoms with Crippen LogP contribution >= 0.6 is 0 Å². The molecule has 1 aliphatic heterocycles. The van der Waals surface area contributed by atoms with E-state index in [1.807, 2.05) is 0 Å². The van der Waals surface area contributed by atoms with E-state index in [0.717, 1.165) is 39.0 Å². The number of hydrogen-bond donors (Lipinski definition) is 2. The summed E-state index contributed by atoms with van der Waals surface area (Å²) in [5.41, 5.74) is -0.308. The van der Waals surface area contributed by atoms with Crippen LogP contribution in [0.4, 0.5) is 0 Å². The zero-order valence-corrected chi connectivity index (χ0v) is 7.71. The maximum Gasteiger partial charge on any atom is 0.0776 e. The quantitative estimate of drug-likeness (QED) is 0.603. The molecule has 2 fully saturated rings. The maximum absolute atomic E-state index is 9.71. The molecule has 12 heavy (non-hydrogen) atoms. The van der Waals surface area contributed by atoms with Gasteiger partial charge in [0.2, 0.25) is 0 Å². The summed E-state index contributed by atoms with van der Waals surface area (Å²) < 4.78 is 0. The van der Waals surface area contributed by atoms with Crippen molar-refractivity contribution in [1.82, 2.24) is 10.2 Å². The van der Waals surface area contributed by atoms with Crippen LogP contribution in [0, 0.1) is 0 Å². The fourth-order valence-electron chi connectivity index (χ4n) is 1.87. The number of hydrogen-bond acceptors (Lipinski definition) is 3. The van der Waals surface area contributed by atoms with Crippen LogP contribution < -0.4 is 5.32 Å². The minimum absolute atomic E-state index is 0.308. The van der Waals surface area contributed by atoms with Gasteiger partial charge in [-0.05, 0) is 19.8 Å². The van der Waals surface area contributed by atoms with Crippen molar-refractivity contribution in [3.05, 3.63) is 0 Å². The highest BCUT2D eigenvalue weighted by atomic mass is 16.3. The Morgan fingerprint density at radius 2 is 2.33 bits per heavy atom. The fraction of sp³-hybridized carbons (Fsp3) is 1.00. The van der Waals surface area contributed by atoms with Gasteiger partial charge in [0.05, 0.1) is 5.60 Å². The summed E-state index contributed by atoms with van der Waals surface area (Å²) in [7, 11) is 0. The van der Waals surface area contributed by atoms with E-state index in [4.69, 9.17) is 0 Å². The molecule has 3 heteroatoms. The van der Waals surface area contributed by atoms with E-state index in [1.165, 1.54) is 0 Å². The van der Waals surface area contributed by atoms with E-state index in [2.05, 4.69) is 17.1 Å². The highest BCUT2D eigenvalue weighted by Gasteiger charge is 2.42. The molecule has 1 aliphatic carbocycles. The Morgan fingerprint density at radius 1 is 1.58 bits per heavy atom. The monoisotopic (exact) mass is 170 g/mol. The summed E-state index contributed by atoms with van der Waals surface area (Å²) in [6, 6.07) is 0.584. The number of nitrogens with one attached hydrogen (secondary N) is 1. The minimum Gasteiger partial charge on any atom is -0.389 e. The third-order valence-electron chi connectivity index (χ3n) is 2.80. The summed E-state index contributed by atoms with van der Waals surface area (Å²) in [6.45, 7) is 6.33. The van der Waals surface area contributed by atoms with Gasteiger partial charge in [0, 0.05) is 32.2 Å². The Balaban J connectivity index is 1.79. The lowest BCUT2D eigenvalue weighted by Gasteiger charge is -2.33. The Kier molecular flexibility index (Phi) is 2.10. The predicted molar refractivity (Wildman–Crippen MR) is 48.1 cm³/mol. The van der Waals surface area contributed by atoms with Crippen molar-refractivity contribution in [2.24, 2.45) is 0 Å². The summed E-state index contributed by atoms with van der Waals surface area (Å²) in [6.07, 6.45) is 2.01. The molecule has 0 aromatic carbocycles. The van der Waals surface area contributed by atoms with Crippen molar-refractivity contribution >= 4 is 0 Å². The largest absolute Gasteiger partial charge is 0.389 e. The first-order chi connectivity index (χ1) is 5.68. The first-order valence-corrected chi connectivity index (χ1v) is 4.86. The second-order valence-electron chi connectivity index (χ2n) is 4.31. The maximum atomic E-state index is 9.71. The third-order valence-corrected chi connectivity index (χ3v) is 2.80. The fourth-order valence-corrected chi connectivity index (χ4v) is 1.87. The van der Waals surface area contributed by atoms with Crippen LogP contribution in [0.5, 0.6) is 0 Å². The van der Waals surface area contributed by atoms with Gasteiger partial charge in [-0.15, -0.1) is 0 Å². The van der Waals surface area contributed by atoms with Gasteiger partial charge >= 0.3 is 0 Å². The van der Waals surface area contributed by atoms with Crippen LogP contribution in [0.1, 0.15) is 19.8 Å². The molecular formula is C9H18N2O. The first-order valence-electron chi connectivity index (χ1n) is 4.86. The molecule has 0 aromatic rings. The van der Waals surface area contributed by atoms with Gasteiger partial charge in [-0.25, -0.2) is 0 Å². The number of β-amino-alcohol motifs (C(OH)–C–C–N with tert-alkyl or cyclic N) is 1. The van der Waals surface area contributed by atoms with Gasteiger partial charge in [0.1, 0.15) is 0 Å². The van der Waals surface area contributed by atoms with Crippen molar-refractivity contribution in [1.29, 1.82) is 0 Å². The Morgan fingerprint density at radius 3 is 2.92 bits per heavy atom. The average molecular weight is 170 g/mol. The first kappa shape index (κ1) is 8.48.